The van der Waals surface area contributed by atoms with Gasteiger partial charge in [-0.05, 0) is 54.8 Å². The smallest absolute Gasteiger partial charge is 0.264 e. The van der Waals surface area contributed by atoms with Crippen molar-refractivity contribution in [3.05, 3.63) is 130 Å². The van der Waals surface area contributed by atoms with E-state index in [4.69, 9.17) is 23.2 Å². The van der Waals surface area contributed by atoms with E-state index in [1.54, 1.807) is 36.4 Å². The molecule has 5 rings (SSSR count). The van der Waals surface area contributed by atoms with Crippen LogP contribution in [0.15, 0.2) is 108 Å². The standard InChI is InChI=1S/C35H34Cl2FN3O4S/c36-29-18-11-19-30(37)28(29)23-40(33(22-25-12-3-1-4-13-25)35(43)39-26-14-7-8-15-26)34(42)24-41(32-21-10-9-20-31(32)38)46(44,45)27-16-5-2-6-17-27/h1-6,9-13,16-21,26,33H,7-8,14-15,22-24H2,(H,39,43)/t33-/m1/s1. The minimum absolute atomic E-state index is 0.0417. The summed E-state index contributed by atoms with van der Waals surface area (Å²) >= 11 is 13.1. The van der Waals surface area contributed by atoms with Crippen molar-refractivity contribution in [1.29, 1.82) is 0 Å². The first-order valence-electron chi connectivity index (χ1n) is 15.0. The SMILES string of the molecule is O=C(NC1CCCC1)[C@@H](Cc1ccccc1)N(Cc1c(Cl)cccc1Cl)C(=O)CN(c1ccccc1F)S(=O)(=O)c1ccccc1. The molecular weight excluding hydrogens is 648 g/mol. The number of hydrogen-bond donors (Lipinski definition) is 1. The normalized spacial score (nSPS) is 14.1. The minimum atomic E-state index is -4.42. The molecule has 0 aromatic heterocycles. The first-order valence-corrected chi connectivity index (χ1v) is 17.2. The Morgan fingerprint density at radius 2 is 1.41 bits per heavy atom. The number of rotatable bonds is 12. The van der Waals surface area contributed by atoms with Gasteiger partial charge in [-0.25, -0.2) is 12.8 Å². The summed E-state index contributed by atoms with van der Waals surface area (Å²) in [7, 11) is -4.42. The van der Waals surface area contributed by atoms with Crippen molar-refractivity contribution in [3.8, 4) is 0 Å². The molecule has 11 heteroatoms. The van der Waals surface area contributed by atoms with Gasteiger partial charge in [0.1, 0.15) is 18.4 Å². The van der Waals surface area contributed by atoms with Crippen LogP contribution in [-0.4, -0.2) is 43.8 Å². The molecule has 0 radical (unpaired) electrons. The number of carbonyl (C=O) groups excluding carboxylic acids is 2. The highest BCUT2D eigenvalue weighted by Gasteiger charge is 2.36. The summed E-state index contributed by atoms with van der Waals surface area (Å²) in [5.74, 6) is -1.94. The van der Waals surface area contributed by atoms with Crippen LogP contribution in [0.2, 0.25) is 10.0 Å². The van der Waals surface area contributed by atoms with Crippen molar-refractivity contribution in [1.82, 2.24) is 10.2 Å². The molecule has 240 valence electrons. The molecule has 4 aromatic rings. The Morgan fingerprint density at radius 3 is 2.04 bits per heavy atom. The largest absolute Gasteiger partial charge is 0.352 e. The number of halogens is 3. The molecule has 2 amide bonds. The monoisotopic (exact) mass is 681 g/mol. The van der Waals surface area contributed by atoms with Crippen LogP contribution in [0.25, 0.3) is 0 Å². The lowest BCUT2D eigenvalue weighted by Crippen LogP contribution is -2.54. The molecule has 1 aliphatic rings. The van der Waals surface area contributed by atoms with Crippen molar-refractivity contribution in [2.75, 3.05) is 10.8 Å². The summed E-state index contributed by atoms with van der Waals surface area (Å²) < 4.78 is 44.0. The highest BCUT2D eigenvalue weighted by atomic mass is 35.5. The summed E-state index contributed by atoms with van der Waals surface area (Å²) in [6.07, 6.45) is 3.76. The third kappa shape index (κ3) is 7.89. The molecule has 0 unspecified atom stereocenters. The molecular formula is C35H34Cl2FN3O4S. The van der Waals surface area contributed by atoms with E-state index in [0.29, 0.717) is 5.56 Å². The highest BCUT2D eigenvalue weighted by molar-refractivity contribution is 7.92. The molecule has 0 spiro atoms. The molecule has 1 saturated carbocycles. The van der Waals surface area contributed by atoms with Gasteiger partial charge in [0.25, 0.3) is 10.0 Å². The maximum Gasteiger partial charge on any atom is 0.264 e. The van der Waals surface area contributed by atoms with E-state index in [-0.39, 0.29) is 45.5 Å². The second-order valence-electron chi connectivity index (χ2n) is 11.2. The van der Waals surface area contributed by atoms with Gasteiger partial charge in [-0.3, -0.25) is 13.9 Å². The molecule has 0 heterocycles. The number of para-hydroxylation sites is 1. The molecule has 7 nitrogen and oxygen atoms in total. The summed E-state index contributed by atoms with van der Waals surface area (Å²) in [6.45, 7) is -0.981. The third-order valence-corrected chi connectivity index (χ3v) is 10.6. The van der Waals surface area contributed by atoms with Crippen LogP contribution in [0.5, 0.6) is 0 Å². The molecule has 46 heavy (non-hydrogen) atoms. The molecule has 0 aliphatic heterocycles. The Morgan fingerprint density at radius 1 is 0.826 bits per heavy atom. The van der Waals surface area contributed by atoms with Crippen LogP contribution >= 0.6 is 23.2 Å². The fourth-order valence-electron chi connectivity index (χ4n) is 5.66. The predicted octanol–water partition coefficient (Wildman–Crippen LogP) is 7.03. The Labute approximate surface area is 279 Å². The molecule has 1 atom stereocenters. The number of carbonyl (C=O) groups is 2. The molecule has 1 aliphatic carbocycles. The van der Waals surface area contributed by atoms with E-state index >= 15 is 4.39 Å². The number of sulfonamides is 1. The van der Waals surface area contributed by atoms with Crippen LogP contribution in [-0.2, 0) is 32.6 Å². The van der Waals surface area contributed by atoms with Gasteiger partial charge >= 0.3 is 0 Å². The maximum atomic E-state index is 15.3. The summed E-state index contributed by atoms with van der Waals surface area (Å²) in [5, 5.41) is 3.67. The molecule has 1 fully saturated rings. The van der Waals surface area contributed by atoms with Gasteiger partial charge in [-0.1, -0.05) is 103 Å². The topological polar surface area (TPSA) is 86.8 Å². The Hall–Kier alpha value is -3.92. The number of hydrogen-bond acceptors (Lipinski definition) is 4. The van der Waals surface area contributed by atoms with E-state index in [1.807, 2.05) is 30.3 Å². The average Bonchev–Trinajstić information content (AvgIpc) is 3.57. The lowest BCUT2D eigenvalue weighted by Gasteiger charge is -2.34. The predicted molar refractivity (Wildman–Crippen MR) is 179 cm³/mol. The van der Waals surface area contributed by atoms with Gasteiger partial charge in [0, 0.05) is 34.6 Å². The number of nitrogens with zero attached hydrogens (tertiary/aromatic N) is 2. The first kappa shape index (κ1) is 33.4. The van der Waals surface area contributed by atoms with Gasteiger partial charge in [0.15, 0.2) is 0 Å². The molecule has 4 aromatic carbocycles. The van der Waals surface area contributed by atoms with Crippen LogP contribution in [0.4, 0.5) is 10.1 Å². The van der Waals surface area contributed by atoms with Crippen LogP contribution in [0.3, 0.4) is 0 Å². The lowest BCUT2D eigenvalue weighted by atomic mass is 10.0. The van der Waals surface area contributed by atoms with E-state index in [1.165, 1.54) is 35.2 Å². The average molecular weight is 683 g/mol. The number of nitrogens with one attached hydrogen (secondary N) is 1. The first-order chi connectivity index (χ1) is 22.1. The second kappa shape index (κ2) is 15.1. The van der Waals surface area contributed by atoms with Crippen molar-refractivity contribution in [2.24, 2.45) is 0 Å². The highest BCUT2D eigenvalue weighted by Crippen LogP contribution is 2.30. The van der Waals surface area contributed by atoms with E-state index in [0.717, 1.165) is 41.6 Å². The Kier molecular flexibility index (Phi) is 11.0. The van der Waals surface area contributed by atoms with Gasteiger partial charge < -0.3 is 10.2 Å². The lowest BCUT2D eigenvalue weighted by molar-refractivity contribution is -0.140. The third-order valence-electron chi connectivity index (χ3n) is 8.09. The van der Waals surface area contributed by atoms with Crippen molar-refractivity contribution >= 4 is 50.7 Å². The van der Waals surface area contributed by atoms with Crippen molar-refractivity contribution in [2.45, 2.75) is 55.6 Å². The summed E-state index contributed by atoms with van der Waals surface area (Å²) in [5.41, 5.74) is 0.889. The van der Waals surface area contributed by atoms with Crippen LogP contribution in [0, 0.1) is 5.82 Å². The maximum absolute atomic E-state index is 15.3. The molecule has 0 bridgehead atoms. The Balaban J connectivity index is 1.60. The quantitative estimate of drug-likeness (QED) is 0.174. The zero-order valence-electron chi connectivity index (χ0n) is 25.0. The van der Waals surface area contributed by atoms with Crippen molar-refractivity contribution in [3.63, 3.8) is 0 Å². The second-order valence-corrected chi connectivity index (χ2v) is 13.9. The fourth-order valence-corrected chi connectivity index (χ4v) is 7.62. The van der Waals surface area contributed by atoms with Crippen molar-refractivity contribution < 1.29 is 22.4 Å². The summed E-state index contributed by atoms with van der Waals surface area (Å²) in [6, 6.07) is 25.9. The van der Waals surface area contributed by atoms with Gasteiger partial charge in [0.05, 0.1) is 10.6 Å². The molecule has 1 N–H and O–H groups in total. The van der Waals surface area contributed by atoms with Gasteiger partial charge in [0.2, 0.25) is 11.8 Å². The van der Waals surface area contributed by atoms with E-state index < -0.39 is 34.3 Å². The van der Waals surface area contributed by atoms with E-state index in [2.05, 4.69) is 5.32 Å². The minimum Gasteiger partial charge on any atom is -0.352 e. The number of benzene rings is 4. The summed E-state index contributed by atoms with van der Waals surface area (Å²) in [4.78, 5) is 29.8. The van der Waals surface area contributed by atoms with Crippen LogP contribution in [0.1, 0.15) is 36.8 Å². The van der Waals surface area contributed by atoms with Crippen LogP contribution < -0.4 is 9.62 Å². The number of amides is 2. The zero-order chi connectivity index (χ0) is 32.7. The van der Waals surface area contributed by atoms with E-state index in [9.17, 15) is 18.0 Å². The Bertz CT molecular complexity index is 1750. The molecule has 0 saturated heterocycles. The number of anilines is 1. The van der Waals surface area contributed by atoms with Gasteiger partial charge in [-0.15, -0.1) is 0 Å². The van der Waals surface area contributed by atoms with Gasteiger partial charge in [-0.2, -0.15) is 0 Å². The fraction of sp³-hybridized carbons (Fsp3) is 0.257. The zero-order valence-corrected chi connectivity index (χ0v) is 27.3.